The number of allylic oxidation sites excluding steroid dienone is 2. The number of benzene rings is 4. The molecule has 0 nitrogen and oxygen atoms in total. The molecule has 1 saturated carbocycles. The van der Waals surface area contributed by atoms with E-state index in [1.165, 1.54) is 81.3 Å². The molecule has 3 aliphatic rings. The zero-order chi connectivity index (χ0) is 28.1. The third-order valence-corrected chi connectivity index (χ3v) is 10.3. The van der Waals surface area contributed by atoms with E-state index in [1.54, 1.807) is 11.1 Å². The Bertz CT molecular complexity index is 1530. The fourth-order valence-electron chi connectivity index (χ4n) is 7.78. The van der Waals surface area contributed by atoms with Crippen molar-refractivity contribution in [3.05, 3.63) is 129 Å². The highest BCUT2D eigenvalue weighted by Gasteiger charge is 2.43. The van der Waals surface area contributed by atoms with Gasteiger partial charge in [0.2, 0.25) is 0 Å². The molecule has 0 spiro atoms. The largest absolute Gasteiger partial charge is 0.0613 e. The van der Waals surface area contributed by atoms with E-state index in [0.717, 1.165) is 12.8 Å². The molecule has 3 aliphatic carbocycles. The summed E-state index contributed by atoms with van der Waals surface area (Å²) in [7, 11) is 0. The third-order valence-electron chi connectivity index (χ3n) is 10.3. The van der Waals surface area contributed by atoms with Crippen LogP contribution >= 0.6 is 0 Å². The molecule has 0 heterocycles. The molecular weight excluding hydrogens is 492 g/mol. The van der Waals surface area contributed by atoms with Crippen LogP contribution in [0.15, 0.2) is 96.1 Å². The molecule has 1 fully saturated rings. The fourth-order valence-corrected chi connectivity index (χ4v) is 7.78. The summed E-state index contributed by atoms with van der Waals surface area (Å²) in [5.74, 6) is 1.12. The predicted molar refractivity (Wildman–Crippen MR) is 176 cm³/mol. The van der Waals surface area contributed by atoms with Crippen LogP contribution in [-0.4, -0.2) is 0 Å². The van der Waals surface area contributed by atoms with Crippen LogP contribution in [0.3, 0.4) is 0 Å². The van der Waals surface area contributed by atoms with Gasteiger partial charge in [-0.1, -0.05) is 149 Å². The van der Waals surface area contributed by atoms with Crippen molar-refractivity contribution in [2.75, 3.05) is 0 Å². The first kappa shape index (κ1) is 26.3. The van der Waals surface area contributed by atoms with E-state index < -0.39 is 0 Å². The predicted octanol–water partition coefficient (Wildman–Crippen LogP) is 11.4. The molecule has 0 aliphatic heterocycles. The monoisotopic (exact) mass is 534 g/mol. The molecule has 41 heavy (non-hydrogen) atoms. The van der Waals surface area contributed by atoms with Gasteiger partial charge in [0.15, 0.2) is 0 Å². The van der Waals surface area contributed by atoms with Gasteiger partial charge in [-0.15, -0.1) is 0 Å². The number of fused-ring (bicyclic) bond motifs is 2. The van der Waals surface area contributed by atoms with Gasteiger partial charge in [-0.25, -0.2) is 0 Å². The SMILES string of the molecule is CC(C)c1ccc(-c2cccc3c2C=C(C2(C4=Cc5c(cccc5-c5ccc(C(C)C)cc5)C4)CCCC2)C3)cc1. The smallest absolute Gasteiger partial charge is 0.0134 e. The van der Waals surface area contributed by atoms with Crippen LogP contribution in [0.25, 0.3) is 34.4 Å². The Labute approximate surface area is 246 Å². The molecule has 0 bridgehead atoms. The van der Waals surface area contributed by atoms with Crippen molar-refractivity contribution in [1.82, 2.24) is 0 Å². The quantitative estimate of drug-likeness (QED) is 0.231. The summed E-state index contributed by atoms with van der Waals surface area (Å²) in [4.78, 5) is 0. The fraction of sp³-hybridized carbons (Fsp3) is 0.317. The molecule has 0 radical (unpaired) electrons. The van der Waals surface area contributed by atoms with Crippen molar-refractivity contribution < 1.29 is 0 Å². The Hall–Kier alpha value is -3.64. The van der Waals surface area contributed by atoms with E-state index >= 15 is 0 Å². The van der Waals surface area contributed by atoms with Crippen molar-refractivity contribution >= 4 is 12.2 Å². The molecular formula is C41H42. The topological polar surface area (TPSA) is 0 Å². The van der Waals surface area contributed by atoms with Crippen molar-refractivity contribution in [1.29, 1.82) is 0 Å². The number of rotatable bonds is 6. The standard InChI is InChI=1S/C41H42/c1-27(2)29-13-17-31(18-14-29)37-11-7-9-33-23-35(25-39(33)37)41(21-5-6-22-41)36-24-34-10-8-12-38(40(34)26-36)32-19-15-30(16-20-32)28(3)4/h7-20,25-28H,5-6,21-24H2,1-4H3. The summed E-state index contributed by atoms with van der Waals surface area (Å²) in [5, 5.41) is 0. The van der Waals surface area contributed by atoms with Gasteiger partial charge in [-0.05, 0) is 93.2 Å². The van der Waals surface area contributed by atoms with E-state index in [1.807, 2.05) is 0 Å². The Morgan fingerprint density at radius 3 is 1.32 bits per heavy atom. The third kappa shape index (κ3) is 4.53. The summed E-state index contributed by atoms with van der Waals surface area (Å²) < 4.78 is 0. The van der Waals surface area contributed by atoms with Crippen LogP contribution in [0.4, 0.5) is 0 Å². The van der Waals surface area contributed by atoms with Gasteiger partial charge >= 0.3 is 0 Å². The van der Waals surface area contributed by atoms with Gasteiger partial charge in [0, 0.05) is 5.41 Å². The van der Waals surface area contributed by atoms with E-state index in [2.05, 4.69) is 125 Å². The van der Waals surface area contributed by atoms with Gasteiger partial charge in [0.05, 0.1) is 0 Å². The minimum atomic E-state index is 0.190. The molecule has 7 rings (SSSR count). The van der Waals surface area contributed by atoms with Crippen molar-refractivity contribution in [3.63, 3.8) is 0 Å². The zero-order valence-electron chi connectivity index (χ0n) is 25.1. The van der Waals surface area contributed by atoms with Crippen LogP contribution in [0, 0.1) is 5.41 Å². The maximum absolute atomic E-state index is 2.60. The Morgan fingerprint density at radius 2 is 0.927 bits per heavy atom. The molecule has 0 N–H and O–H groups in total. The molecule has 0 unspecified atom stereocenters. The number of hydrogen-bond donors (Lipinski definition) is 0. The highest BCUT2D eigenvalue weighted by Crippen LogP contribution is 2.56. The second-order valence-corrected chi connectivity index (χ2v) is 13.3. The first-order valence-corrected chi connectivity index (χ1v) is 15.8. The van der Waals surface area contributed by atoms with E-state index in [4.69, 9.17) is 0 Å². The van der Waals surface area contributed by atoms with Gasteiger partial charge in [-0.3, -0.25) is 0 Å². The Balaban J connectivity index is 1.26. The highest BCUT2D eigenvalue weighted by molar-refractivity contribution is 5.84. The molecule has 4 aromatic carbocycles. The first-order valence-electron chi connectivity index (χ1n) is 15.8. The summed E-state index contributed by atoms with van der Waals surface area (Å²) >= 11 is 0. The lowest BCUT2D eigenvalue weighted by molar-refractivity contribution is 0.437. The molecule has 0 amide bonds. The minimum absolute atomic E-state index is 0.190. The van der Waals surface area contributed by atoms with Crippen LogP contribution in [0.2, 0.25) is 0 Å². The first-order chi connectivity index (χ1) is 19.9. The molecule has 0 atom stereocenters. The van der Waals surface area contributed by atoms with Crippen LogP contribution in [-0.2, 0) is 12.8 Å². The summed E-state index contributed by atoms with van der Waals surface area (Å²) in [5.41, 5.74) is 17.7. The normalized spacial score (nSPS) is 17.1. The van der Waals surface area contributed by atoms with Gasteiger partial charge in [0.25, 0.3) is 0 Å². The van der Waals surface area contributed by atoms with E-state index in [-0.39, 0.29) is 5.41 Å². The zero-order valence-corrected chi connectivity index (χ0v) is 25.1. The van der Waals surface area contributed by atoms with Crippen molar-refractivity contribution in [2.45, 2.75) is 78.1 Å². The van der Waals surface area contributed by atoms with Crippen LogP contribution in [0.1, 0.15) is 98.6 Å². The molecule has 0 saturated heterocycles. The van der Waals surface area contributed by atoms with Gasteiger partial charge < -0.3 is 0 Å². The van der Waals surface area contributed by atoms with Crippen LogP contribution < -0.4 is 0 Å². The van der Waals surface area contributed by atoms with Crippen molar-refractivity contribution in [2.24, 2.45) is 5.41 Å². The lowest BCUT2D eigenvalue weighted by atomic mass is 9.71. The summed E-state index contributed by atoms with van der Waals surface area (Å²) in [6.07, 6.45) is 12.6. The van der Waals surface area contributed by atoms with Crippen LogP contribution in [0.5, 0.6) is 0 Å². The Morgan fingerprint density at radius 1 is 0.512 bits per heavy atom. The Kier molecular flexibility index (Phi) is 6.61. The average molecular weight is 535 g/mol. The lowest BCUT2D eigenvalue weighted by Gasteiger charge is -2.33. The summed E-state index contributed by atoms with van der Waals surface area (Å²) in [6.45, 7) is 9.08. The highest BCUT2D eigenvalue weighted by atomic mass is 14.5. The maximum atomic E-state index is 2.60. The molecule has 0 heteroatoms. The molecule has 206 valence electrons. The minimum Gasteiger partial charge on any atom is -0.0613 e. The van der Waals surface area contributed by atoms with Crippen molar-refractivity contribution in [3.8, 4) is 22.3 Å². The average Bonchev–Trinajstić information content (AvgIpc) is 3.75. The van der Waals surface area contributed by atoms with E-state index in [0.29, 0.717) is 11.8 Å². The summed E-state index contributed by atoms with van der Waals surface area (Å²) in [6, 6.07) is 32.5. The molecule has 0 aromatic heterocycles. The van der Waals surface area contributed by atoms with E-state index in [9.17, 15) is 0 Å². The second kappa shape index (κ2) is 10.3. The van der Waals surface area contributed by atoms with Gasteiger partial charge in [0.1, 0.15) is 0 Å². The lowest BCUT2D eigenvalue weighted by Crippen LogP contribution is -2.22. The van der Waals surface area contributed by atoms with Gasteiger partial charge in [-0.2, -0.15) is 0 Å². The molecule has 4 aromatic rings. The maximum Gasteiger partial charge on any atom is 0.0134 e. The number of hydrogen-bond acceptors (Lipinski definition) is 0. The second-order valence-electron chi connectivity index (χ2n) is 13.3.